The van der Waals surface area contributed by atoms with Gasteiger partial charge in [0.2, 0.25) is 0 Å². The van der Waals surface area contributed by atoms with E-state index in [1.807, 2.05) is 11.0 Å². The van der Waals surface area contributed by atoms with E-state index in [0.717, 1.165) is 12.1 Å². The third kappa shape index (κ3) is 4.71. The van der Waals surface area contributed by atoms with E-state index < -0.39 is 17.6 Å². The van der Waals surface area contributed by atoms with Gasteiger partial charge in [-0.3, -0.25) is 4.79 Å². The average Bonchev–Trinajstić information content (AvgIpc) is 2.78. The summed E-state index contributed by atoms with van der Waals surface area (Å²) in [5.41, 5.74) is 0.890. The quantitative estimate of drug-likeness (QED) is 0.556. The number of nitrogens with zero attached hydrogens (tertiary/aromatic N) is 4. The molecule has 1 aliphatic rings. The first-order valence-electron chi connectivity index (χ1n) is 10.0. The van der Waals surface area contributed by atoms with Crippen LogP contribution in [-0.2, 0) is 6.18 Å². The molecule has 0 bridgehead atoms. The van der Waals surface area contributed by atoms with Crippen molar-refractivity contribution in [3.8, 4) is 11.4 Å². The molecular formula is C23H20F4N4O. The molecule has 0 radical (unpaired) electrons. The molecule has 3 aromatic rings. The minimum absolute atomic E-state index is 0.158. The molecule has 4 rings (SSSR count). The fourth-order valence-corrected chi connectivity index (χ4v) is 3.56. The number of alkyl halides is 3. The molecule has 32 heavy (non-hydrogen) atoms. The van der Waals surface area contributed by atoms with Crippen molar-refractivity contribution in [3.63, 3.8) is 0 Å². The van der Waals surface area contributed by atoms with Crippen molar-refractivity contribution in [2.45, 2.75) is 13.1 Å². The van der Waals surface area contributed by atoms with Crippen LogP contribution >= 0.6 is 0 Å². The van der Waals surface area contributed by atoms with E-state index in [0.29, 0.717) is 54.6 Å². The third-order valence-electron chi connectivity index (χ3n) is 5.29. The summed E-state index contributed by atoms with van der Waals surface area (Å²) in [5.74, 6) is 0.447. The van der Waals surface area contributed by atoms with Gasteiger partial charge >= 0.3 is 6.18 Å². The molecule has 166 valence electrons. The SMILES string of the molecule is Cc1cc(N2CCN(C(=O)c3ccc(F)cc3)CC2)nc(-c2ccc(C(F)(F)F)cc2)n1. The van der Waals surface area contributed by atoms with E-state index in [4.69, 9.17) is 0 Å². The normalized spacial score (nSPS) is 14.5. The summed E-state index contributed by atoms with van der Waals surface area (Å²) in [4.78, 5) is 25.3. The molecular weight excluding hydrogens is 424 g/mol. The molecule has 2 heterocycles. The van der Waals surface area contributed by atoms with Gasteiger partial charge in [0.05, 0.1) is 5.56 Å². The molecule has 2 aromatic carbocycles. The second-order valence-corrected chi connectivity index (χ2v) is 7.55. The Morgan fingerprint density at radius 3 is 2.12 bits per heavy atom. The monoisotopic (exact) mass is 444 g/mol. The molecule has 0 saturated carbocycles. The van der Waals surface area contributed by atoms with E-state index in [1.54, 1.807) is 11.8 Å². The number of aryl methyl sites for hydroxylation is 1. The Hall–Kier alpha value is -3.49. The van der Waals surface area contributed by atoms with Gasteiger partial charge in [0.1, 0.15) is 11.6 Å². The van der Waals surface area contributed by atoms with Crippen molar-refractivity contribution >= 4 is 11.7 Å². The molecule has 0 atom stereocenters. The number of anilines is 1. The van der Waals surface area contributed by atoms with Crippen LogP contribution in [0.5, 0.6) is 0 Å². The standard InChI is InChI=1S/C23H20F4N4O/c1-15-14-20(29-21(28-15)16-2-6-18(7-3-16)23(25,26)27)30-10-12-31(13-11-30)22(32)17-4-8-19(24)9-5-17/h2-9,14H,10-13H2,1H3. The zero-order valence-corrected chi connectivity index (χ0v) is 17.2. The van der Waals surface area contributed by atoms with E-state index in [-0.39, 0.29) is 5.91 Å². The highest BCUT2D eigenvalue weighted by Gasteiger charge is 2.30. The van der Waals surface area contributed by atoms with Crippen molar-refractivity contribution < 1.29 is 22.4 Å². The number of hydrogen-bond donors (Lipinski definition) is 0. The number of hydrogen-bond acceptors (Lipinski definition) is 4. The first-order valence-corrected chi connectivity index (χ1v) is 10.0. The molecule has 1 aromatic heterocycles. The van der Waals surface area contributed by atoms with Crippen molar-refractivity contribution in [1.82, 2.24) is 14.9 Å². The van der Waals surface area contributed by atoms with Gasteiger partial charge in [0.25, 0.3) is 5.91 Å². The van der Waals surface area contributed by atoms with Crippen molar-refractivity contribution in [2.75, 3.05) is 31.1 Å². The number of halogens is 4. The fraction of sp³-hybridized carbons (Fsp3) is 0.261. The highest BCUT2D eigenvalue weighted by Crippen LogP contribution is 2.31. The van der Waals surface area contributed by atoms with Gasteiger partial charge in [-0.05, 0) is 43.3 Å². The number of carbonyl (C=O) groups is 1. The first-order chi connectivity index (χ1) is 15.2. The van der Waals surface area contributed by atoms with Crippen molar-refractivity contribution in [2.24, 2.45) is 0 Å². The van der Waals surface area contributed by atoms with Crippen LogP contribution in [0.4, 0.5) is 23.4 Å². The highest BCUT2D eigenvalue weighted by atomic mass is 19.4. The van der Waals surface area contributed by atoms with Gasteiger partial charge in [-0.1, -0.05) is 12.1 Å². The molecule has 0 N–H and O–H groups in total. The fourth-order valence-electron chi connectivity index (χ4n) is 3.56. The van der Waals surface area contributed by atoms with Gasteiger partial charge in [0, 0.05) is 49.1 Å². The predicted octanol–water partition coefficient (Wildman–Crippen LogP) is 4.57. The predicted molar refractivity (Wildman–Crippen MR) is 112 cm³/mol. The zero-order valence-electron chi connectivity index (χ0n) is 17.2. The third-order valence-corrected chi connectivity index (χ3v) is 5.29. The summed E-state index contributed by atoms with van der Waals surface area (Å²) in [6.45, 7) is 3.81. The Bertz CT molecular complexity index is 1110. The summed E-state index contributed by atoms with van der Waals surface area (Å²) in [7, 11) is 0. The maximum absolute atomic E-state index is 13.1. The lowest BCUT2D eigenvalue weighted by Gasteiger charge is -2.35. The van der Waals surface area contributed by atoms with E-state index >= 15 is 0 Å². The van der Waals surface area contributed by atoms with Gasteiger partial charge in [-0.15, -0.1) is 0 Å². The molecule has 1 fully saturated rings. The Morgan fingerprint density at radius 2 is 1.53 bits per heavy atom. The Balaban J connectivity index is 1.47. The number of rotatable bonds is 3. The molecule has 1 aliphatic heterocycles. The summed E-state index contributed by atoms with van der Waals surface area (Å²) in [6, 6.07) is 12.0. The Morgan fingerprint density at radius 1 is 0.906 bits per heavy atom. The summed E-state index contributed by atoms with van der Waals surface area (Å²) in [5, 5.41) is 0. The Labute approximate surface area is 182 Å². The van der Waals surface area contributed by atoms with Crippen LogP contribution in [0.2, 0.25) is 0 Å². The molecule has 5 nitrogen and oxygen atoms in total. The molecule has 0 spiro atoms. The molecule has 9 heteroatoms. The van der Waals surface area contributed by atoms with Crippen LogP contribution in [0.25, 0.3) is 11.4 Å². The van der Waals surface area contributed by atoms with Gasteiger partial charge < -0.3 is 9.80 Å². The van der Waals surface area contributed by atoms with E-state index in [2.05, 4.69) is 9.97 Å². The number of carbonyl (C=O) groups excluding carboxylic acids is 1. The lowest BCUT2D eigenvalue weighted by molar-refractivity contribution is -0.137. The summed E-state index contributed by atoms with van der Waals surface area (Å²) < 4.78 is 51.6. The van der Waals surface area contributed by atoms with Gasteiger partial charge in [-0.2, -0.15) is 13.2 Å². The minimum Gasteiger partial charge on any atom is -0.353 e. The molecule has 1 saturated heterocycles. The van der Waals surface area contributed by atoms with E-state index in [1.165, 1.54) is 36.4 Å². The van der Waals surface area contributed by atoms with Crippen LogP contribution in [0.3, 0.4) is 0 Å². The minimum atomic E-state index is -4.40. The van der Waals surface area contributed by atoms with Crippen LogP contribution in [0, 0.1) is 12.7 Å². The topological polar surface area (TPSA) is 49.3 Å². The Kier molecular flexibility index (Phi) is 5.82. The highest BCUT2D eigenvalue weighted by molar-refractivity contribution is 5.94. The number of benzene rings is 2. The molecule has 1 amide bonds. The smallest absolute Gasteiger partial charge is 0.353 e. The molecule has 0 aliphatic carbocycles. The summed E-state index contributed by atoms with van der Waals surface area (Å²) in [6.07, 6.45) is -4.40. The number of amides is 1. The summed E-state index contributed by atoms with van der Waals surface area (Å²) >= 11 is 0. The zero-order chi connectivity index (χ0) is 22.9. The number of aromatic nitrogens is 2. The number of piperazine rings is 1. The van der Waals surface area contributed by atoms with Crippen LogP contribution in [-0.4, -0.2) is 47.0 Å². The first kappa shape index (κ1) is 21.7. The maximum atomic E-state index is 13.1. The maximum Gasteiger partial charge on any atom is 0.416 e. The van der Waals surface area contributed by atoms with Crippen molar-refractivity contribution in [3.05, 3.63) is 77.2 Å². The second-order valence-electron chi connectivity index (χ2n) is 7.55. The average molecular weight is 444 g/mol. The molecule has 0 unspecified atom stereocenters. The van der Waals surface area contributed by atoms with Crippen LogP contribution in [0.1, 0.15) is 21.6 Å². The lowest BCUT2D eigenvalue weighted by atomic mass is 10.1. The van der Waals surface area contributed by atoms with Crippen molar-refractivity contribution in [1.29, 1.82) is 0 Å². The second kappa shape index (κ2) is 8.57. The van der Waals surface area contributed by atoms with Gasteiger partial charge in [-0.25, -0.2) is 14.4 Å². The van der Waals surface area contributed by atoms with Gasteiger partial charge in [0.15, 0.2) is 5.82 Å². The largest absolute Gasteiger partial charge is 0.416 e. The van der Waals surface area contributed by atoms with Crippen LogP contribution in [0.15, 0.2) is 54.6 Å². The van der Waals surface area contributed by atoms with Crippen LogP contribution < -0.4 is 4.90 Å². The lowest BCUT2D eigenvalue weighted by Crippen LogP contribution is -2.49. The van der Waals surface area contributed by atoms with E-state index in [9.17, 15) is 22.4 Å².